The molecule has 14 rings (SSSR count). The summed E-state index contributed by atoms with van der Waals surface area (Å²) in [6.45, 7) is 27.7. The van der Waals surface area contributed by atoms with Crippen LogP contribution in [0.25, 0.3) is 32.0 Å². The van der Waals surface area contributed by atoms with E-state index in [0.29, 0.717) is 5.56 Å². The number of furan rings is 1. The maximum Gasteiger partial charge on any atom is 0.335 e. The number of halogens is 3. The Balaban J connectivity index is 0.000000207. The van der Waals surface area contributed by atoms with Gasteiger partial charge in [0.2, 0.25) is 0 Å². The summed E-state index contributed by atoms with van der Waals surface area (Å²) in [7, 11) is 3.86. The summed E-state index contributed by atoms with van der Waals surface area (Å²) in [5.41, 5.74) is 11.4. The molecule has 2 aliphatic rings. The minimum atomic E-state index is -0.868. The summed E-state index contributed by atoms with van der Waals surface area (Å²) >= 11 is 7.61. The Morgan fingerprint density at radius 2 is 1.15 bits per heavy atom. The molecule has 0 aliphatic carbocycles. The molecule has 2 aliphatic heterocycles. The van der Waals surface area contributed by atoms with Crippen LogP contribution in [0.3, 0.4) is 0 Å². The second-order valence-electron chi connectivity index (χ2n) is 24.6. The van der Waals surface area contributed by atoms with Gasteiger partial charge in [-0.25, -0.2) is 13.6 Å². The van der Waals surface area contributed by atoms with Crippen LogP contribution in [0.4, 0.5) is 8.78 Å². The van der Waals surface area contributed by atoms with Crippen molar-refractivity contribution in [2.75, 3.05) is 60.1 Å². The molecule has 0 saturated carbocycles. The highest BCUT2D eigenvalue weighted by Gasteiger charge is 2.11. The Labute approximate surface area is 616 Å². The zero-order valence-electron chi connectivity index (χ0n) is 62.0. The maximum atomic E-state index is 12.3. The SMILES string of the molecule is CCCc1ccc(F)cc1.CCc1ccc(C(=O)O)cc1.CCc1ccc(F)cc1.CCc1cccc(OC)c1.CCc1cccnc1.CCc1ccncc1Cl.CN1CCCC1.Cc1cc2ccccc2n1CCCN1CCOCC1.Cc1cc2ccccc2o1.Cc1cc2ccccc2s1. The number of morpholine rings is 1. The van der Waals surface area contributed by atoms with Crippen LogP contribution in [0.5, 0.6) is 5.75 Å². The highest BCUT2D eigenvalue weighted by molar-refractivity contribution is 7.19. The van der Waals surface area contributed by atoms with E-state index in [-0.39, 0.29) is 11.6 Å². The molecule has 0 bridgehead atoms. The van der Waals surface area contributed by atoms with Gasteiger partial charge in [-0.2, -0.15) is 0 Å². The van der Waals surface area contributed by atoms with E-state index in [2.05, 4.69) is 152 Å². The second kappa shape index (κ2) is 48.9. The average molecular weight is 1420 g/mol. The van der Waals surface area contributed by atoms with Crippen molar-refractivity contribution in [3.8, 4) is 5.75 Å². The standard InChI is InChI=1S/C16H22N2O.C9H11F.C9H10O2.C9H8O.C9H12O.C9H8S.C8H9F.C7H8ClN.C7H9N.C5H11N/c1-14-13-15-5-2-3-6-16(15)18(14)8-4-7-17-9-11-19-12-10-17;1-2-3-8-4-6-9(10)7-5-8;1-2-7-3-5-8(6-4-7)9(10)11;1-7-6-8-4-2-3-5-9(8)10-7;1-3-8-5-4-6-9(7-8)10-2;1-7-6-8-4-2-3-5-9(8)10-7;1-2-7-3-5-8(9)6-4-7;1-2-6-3-4-9-5-7(6)8;1-2-7-4-3-5-8-6-7;1-6-4-2-3-5-6/h2-3,5-6,13H,4,7-12H2,1H3;4-7H,2-3H2,1H3;3-6H,2H2,1H3,(H,10,11);2-6H,1H3;4-7H,3H2,1-2H3;2-6H,1H3;3-6H,2H2,1H3;3-5H,2H2,1H3;3-6H,2H2,1H3;2-5H2,1H3. The number of aromatic nitrogens is 3. The number of carbonyl (C=O) groups is 1. The third-order valence-electron chi connectivity index (χ3n) is 16.7. The number of aromatic carboxylic acids is 1. The summed E-state index contributed by atoms with van der Waals surface area (Å²) in [5, 5.41) is 13.2. The van der Waals surface area contributed by atoms with Gasteiger partial charge in [-0.15, -0.1) is 11.3 Å². The van der Waals surface area contributed by atoms with Crippen molar-refractivity contribution < 1.29 is 32.6 Å². The minimum absolute atomic E-state index is 0.153. The Bertz CT molecular complexity index is 4030. The van der Waals surface area contributed by atoms with E-state index in [1.54, 1.807) is 50.0 Å². The minimum Gasteiger partial charge on any atom is -0.497 e. The molecule has 7 aromatic carbocycles. The molecule has 0 unspecified atom stereocenters. The number of para-hydroxylation sites is 2. The van der Waals surface area contributed by atoms with Crippen LogP contribution in [0.2, 0.25) is 5.02 Å². The van der Waals surface area contributed by atoms with E-state index in [1.165, 1.54) is 122 Å². The molecule has 10 nitrogen and oxygen atoms in total. The first-order chi connectivity index (χ1) is 49.5. The third kappa shape index (κ3) is 32.4. The predicted molar refractivity (Wildman–Crippen MR) is 426 cm³/mol. The van der Waals surface area contributed by atoms with Crippen molar-refractivity contribution in [1.29, 1.82) is 0 Å². The van der Waals surface area contributed by atoms with Crippen LogP contribution in [0.1, 0.15) is 127 Å². The van der Waals surface area contributed by atoms with Crippen molar-refractivity contribution in [1.82, 2.24) is 24.3 Å². The predicted octanol–water partition coefficient (Wildman–Crippen LogP) is 22.6. The van der Waals surface area contributed by atoms with Gasteiger partial charge < -0.3 is 28.5 Å². The highest BCUT2D eigenvalue weighted by Crippen LogP contribution is 2.25. The van der Waals surface area contributed by atoms with Crippen LogP contribution in [0, 0.1) is 32.4 Å². The number of pyridine rings is 2. The number of rotatable bonds is 13. The molecule has 102 heavy (non-hydrogen) atoms. The lowest BCUT2D eigenvalue weighted by Crippen LogP contribution is -2.37. The molecular formula is C88H108ClF2N5O5S. The van der Waals surface area contributed by atoms with E-state index >= 15 is 0 Å². The number of ether oxygens (including phenoxy) is 2. The molecule has 14 heteroatoms. The van der Waals surface area contributed by atoms with Crippen LogP contribution in [-0.2, 0) is 49.8 Å². The molecule has 2 saturated heterocycles. The molecular weight excluding hydrogens is 1310 g/mol. The number of carboxylic acid groups (broad SMARTS) is 1. The fourth-order valence-electron chi connectivity index (χ4n) is 10.8. The van der Waals surface area contributed by atoms with Gasteiger partial charge in [-0.3, -0.25) is 14.9 Å². The smallest absolute Gasteiger partial charge is 0.335 e. The molecule has 2 fully saturated rings. The van der Waals surface area contributed by atoms with Crippen LogP contribution in [0.15, 0.2) is 235 Å². The first-order valence-electron chi connectivity index (χ1n) is 35.8. The van der Waals surface area contributed by atoms with Gasteiger partial charge in [0.1, 0.15) is 28.7 Å². The van der Waals surface area contributed by atoms with Gasteiger partial charge in [0.15, 0.2) is 0 Å². The van der Waals surface area contributed by atoms with E-state index < -0.39 is 5.97 Å². The van der Waals surface area contributed by atoms with Crippen molar-refractivity contribution in [2.24, 2.45) is 0 Å². The van der Waals surface area contributed by atoms with Crippen LogP contribution >= 0.6 is 22.9 Å². The third-order valence-corrected chi connectivity index (χ3v) is 18.1. The van der Waals surface area contributed by atoms with Crippen LogP contribution < -0.4 is 4.74 Å². The van der Waals surface area contributed by atoms with Crippen molar-refractivity contribution >= 4 is 60.9 Å². The van der Waals surface area contributed by atoms with Crippen molar-refractivity contribution in [2.45, 2.75) is 133 Å². The first kappa shape index (κ1) is 83.8. The lowest BCUT2D eigenvalue weighted by molar-refractivity contribution is 0.0369. The Morgan fingerprint density at radius 1 is 0.569 bits per heavy atom. The summed E-state index contributed by atoms with van der Waals surface area (Å²) in [4.78, 5) is 24.5. The summed E-state index contributed by atoms with van der Waals surface area (Å²) in [6, 6.07) is 65.9. The number of benzene rings is 7. The number of hydrogen-bond donors (Lipinski definition) is 1. The Morgan fingerprint density at radius 3 is 1.68 bits per heavy atom. The van der Waals surface area contributed by atoms with Gasteiger partial charge in [-0.1, -0.05) is 169 Å². The largest absolute Gasteiger partial charge is 0.497 e. The number of methoxy groups -OCH3 is 1. The molecule has 542 valence electrons. The van der Waals surface area contributed by atoms with Crippen LogP contribution in [-0.4, -0.2) is 95.5 Å². The molecule has 0 atom stereocenters. The zero-order chi connectivity index (χ0) is 73.7. The molecule has 5 aromatic heterocycles. The van der Waals surface area contributed by atoms with Crippen molar-refractivity contribution in [3.63, 3.8) is 0 Å². The normalized spacial score (nSPS) is 12.1. The van der Waals surface area contributed by atoms with Gasteiger partial charge in [0.05, 0.1) is 30.9 Å². The van der Waals surface area contributed by atoms with E-state index in [4.69, 9.17) is 30.6 Å². The number of hydrogen-bond acceptors (Lipinski definition) is 9. The summed E-state index contributed by atoms with van der Waals surface area (Å²) < 4.78 is 44.2. The summed E-state index contributed by atoms with van der Waals surface area (Å²) in [6.07, 6.45) is 18.3. The Hall–Kier alpha value is -8.82. The molecule has 1 N–H and O–H groups in total. The van der Waals surface area contributed by atoms with Gasteiger partial charge in [0, 0.05) is 77.1 Å². The van der Waals surface area contributed by atoms with Gasteiger partial charge >= 0.3 is 5.97 Å². The Kier molecular flexibility index (Phi) is 40.2. The van der Waals surface area contributed by atoms with E-state index in [1.807, 2.05) is 117 Å². The summed E-state index contributed by atoms with van der Waals surface area (Å²) in [5.74, 6) is 0.736. The number of thiophene rings is 1. The maximum absolute atomic E-state index is 12.3. The molecule has 0 spiro atoms. The van der Waals surface area contributed by atoms with Gasteiger partial charge in [-0.05, 0) is 240 Å². The lowest BCUT2D eigenvalue weighted by atomic mass is 10.1. The van der Waals surface area contributed by atoms with Gasteiger partial charge in [0.25, 0.3) is 0 Å². The molecule has 0 radical (unpaired) electrons. The molecule has 12 aromatic rings. The number of aryl methyl sites for hydroxylation is 10. The number of nitrogens with zero attached hydrogens (tertiary/aromatic N) is 5. The fourth-order valence-corrected chi connectivity index (χ4v) is 11.9. The van der Waals surface area contributed by atoms with Crippen molar-refractivity contribution in [3.05, 3.63) is 303 Å². The first-order valence-corrected chi connectivity index (χ1v) is 37.0. The average Bonchev–Trinajstić information content (AvgIpc) is 1.68. The zero-order valence-corrected chi connectivity index (χ0v) is 63.6. The number of fused-ring (bicyclic) bond motifs is 3. The van der Waals surface area contributed by atoms with E-state index in [9.17, 15) is 13.6 Å². The monoisotopic (exact) mass is 1420 g/mol. The lowest BCUT2D eigenvalue weighted by Gasteiger charge is -2.26. The quantitative estimate of drug-likeness (QED) is 0.121. The topological polar surface area (TPSA) is 106 Å². The number of likely N-dealkylation sites (tertiary alicyclic amines) is 1. The highest BCUT2D eigenvalue weighted by atomic mass is 35.5. The number of carboxylic acids is 1. The molecule has 7 heterocycles. The molecule has 0 amide bonds. The fraction of sp³-hybridized carbons (Fsp3) is 0.330. The van der Waals surface area contributed by atoms with E-state index in [0.717, 1.165) is 111 Å². The second-order valence-corrected chi connectivity index (χ2v) is 26.3.